The summed E-state index contributed by atoms with van der Waals surface area (Å²) in [5.74, 6) is -2.10. The van der Waals surface area contributed by atoms with E-state index in [1.807, 2.05) is 6.92 Å². The second kappa shape index (κ2) is 10.0. The van der Waals surface area contributed by atoms with Crippen molar-refractivity contribution in [3.05, 3.63) is 34.9 Å². The molecule has 0 radical (unpaired) electrons. The molecule has 154 valence electrons. The Labute approximate surface area is 169 Å². The molecule has 1 aromatic rings. The number of halogens is 1. The van der Waals surface area contributed by atoms with Crippen molar-refractivity contribution in [1.29, 1.82) is 0 Å². The Balaban J connectivity index is 2.68. The third-order valence-corrected chi connectivity index (χ3v) is 5.22. The van der Waals surface area contributed by atoms with Gasteiger partial charge in [0, 0.05) is 16.7 Å². The molecule has 1 aromatic carbocycles. The van der Waals surface area contributed by atoms with E-state index in [0.29, 0.717) is 17.0 Å². The maximum absolute atomic E-state index is 13.2. The molecule has 0 aromatic heterocycles. The predicted octanol–water partition coefficient (Wildman–Crippen LogP) is 2.39. The minimum atomic E-state index is -1.75. The fourth-order valence-corrected chi connectivity index (χ4v) is 3.98. The Bertz CT molecular complexity index is 737. The summed E-state index contributed by atoms with van der Waals surface area (Å²) in [7, 11) is 1.23. The van der Waals surface area contributed by atoms with Crippen LogP contribution in [0.3, 0.4) is 0 Å². The van der Waals surface area contributed by atoms with Crippen molar-refractivity contribution < 1.29 is 28.9 Å². The Morgan fingerprint density at radius 3 is 2.64 bits per heavy atom. The van der Waals surface area contributed by atoms with Crippen molar-refractivity contribution >= 4 is 29.3 Å². The maximum Gasteiger partial charge on any atom is 0.326 e. The Hall–Kier alpha value is -1.96. The highest BCUT2D eigenvalue weighted by atomic mass is 35.5. The number of carbonyl (C=O) groups is 2. The summed E-state index contributed by atoms with van der Waals surface area (Å²) in [6.07, 6.45) is 0.341. The molecular formula is C20H26ClNO6. The molecule has 0 saturated heterocycles. The van der Waals surface area contributed by atoms with Crippen molar-refractivity contribution in [3.8, 4) is 0 Å². The van der Waals surface area contributed by atoms with E-state index < -0.39 is 29.3 Å². The van der Waals surface area contributed by atoms with Gasteiger partial charge in [-0.1, -0.05) is 29.8 Å². The van der Waals surface area contributed by atoms with Crippen molar-refractivity contribution in [2.24, 2.45) is 10.4 Å². The van der Waals surface area contributed by atoms with Gasteiger partial charge in [0.1, 0.15) is 6.04 Å². The lowest BCUT2D eigenvalue weighted by molar-refractivity contribution is -0.176. The van der Waals surface area contributed by atoms with Gasteiger partial charge in [-0.15, -0.1) is 0 Å². The molecule has 7 nitrogen and oxygen atoms in total. The molecule has 8 heteroatoms. The first kappa shape index (κ1) is 22.3. The molecule has 1 aliphatic rings. The van der Waals surface area contributed by atoms with Crippen LogP contribution in [-0.4, -0.2) is 62.3 Å². The normalized spacial score (nSPS) is 24.4. The summed E-state index contributed by atoms with van der Waals surface area (Å²) in [5.41, 5.74) is -0.347. The summed E-state index contributed by atoms with van der Waals surface area (Å²) < 4.78 is 15.8. The molecule has 0 fully saturated rings. The maximum atomic E-state index is 13.2. The molecule has 1 N–H and O–H groups in total. The van der Waals surface area contributed by atoms with Crippen LogP contribution in [0.4, 0.5) is 0 Å². The van der Waals surface area contributed by atoms with Gasteiger partial charge in [-0.05, 0) is 31.9 Å². The van der Waals surface area contributed by atoms with Crippen LogP contribution in [0.5, 0.6) is 0 Å². The lowest BCUT2D eigenvalue weighted by Gasteiger charge is -2.43. The van der Waals surface area contributed by atoms with Crippen molar-refractivity contribution in [2.75, 3.05) is 33.5 Å². The number of carbonyl (C=O) groups excluding carboxylic acids is 2. The summed E-state index contributed by atoms with van der Waals surface area (Å²) >= 11 is 6.43. The van der Waals surface area contributed by atoms with Crippen molar-refractivity contribution in [1.82, 2.24) is 0 Å². The summed E-state index contributed by atoms with van der Waals surface area (Å²) in [4.78, 5) is 30.9. The van der Waals surface area contributed by atoms with E-state index in [1.54, 1.807) is 31.2 Å². The number of aliphatic imine (C=N–C) groups is 1. The van der Waals surface area contributed by atoms with Crippen LogP contribution in [0.15, 0.2) is 29.3 Å². The van der Waals surface area contributed by atoms with Gasteiger partial charge in [0.25, 0.3) is 0 Å². The summed E-state index contributed by atoms with van der Waals surface area (Å²) in [5, 5.41) is 9.47. The first-order valence-corrected chi connectivity index (χ1v) is 9.53. The fourth-order valence-electron chi connectivity index (χ4n) is 3.71. The molecule has 2 rings (SSSR count). The Morgan fingerprint density at radius 2 is 2.04 bits per heavy atom. The molecule has 1 heterocycles. The SMILES string of the molecule is CCOC(=O)C1(C(=O)OC)C(COCCO)N=C(C)CC1c1ccccc1Cl. The smallest absolute Gasteiger partial charge is 0.326 e. The minimum Gasteiger partial charge on any atom is -0.468 e. The first-order valence-electron chi connectivity index (χ1n) is 9.15. The average Bonchev–Trinajstić information content (AvgIpc) is 2.68. The van der Waals surface area contributed by atoms with E-state index in [4.69, 9.17) is 30.9 Å². The highest BCUT2D eigenvalue weighted by Crippen LogP contribution is 2.49. The average molecular weight is 412 g/mol. The van der Waals surface area contributed by atoms with Gasteiger partial charge in [-0.2, -0.15) is 0 Å². The zero-order valence-electron chi connectivity index (χ0n) is 16.3. The van der Waals surface area contributed by atoms with Gasteiger partial charge in [0.2, 0.25) is 0 Å². The van der Waals surface area contributed by atoms with E-state index in [-0.39, 0.29) is 26.4 Å². The van der Waals surface area contributed by atoms with Gasteiger partial charge >= 0.3 is 11.9 Å². The Morgan fingerprint density at radius 1 is 1.32 bits per heavy atom. The number of esters is 2. The lowest BCUT2D eigenvalue weighted by Crippen LogP contribution is -2.57. The van der Waals surface area contributed by atoms with E-state index in [9.17, 15) is 9.59 Å². The van der Waals surface area contributed by atoms with Crippen LogP contribution < -0.4 is 0 Å². The van der Waals surface area contributed by atoms with Gasteiger partial charge < -0.3 is 19.3 Å². The highest BCUT2D eigenvalue weighted by Gasteiger charge is 2.62. The highest BCUT2D eigenvalue weighted by molar-refractivity contribution is 6.31. The number of hydrogen-bond acceptors (Lipinski definition) is 7. The van der Waals surface area contributed by atoms with Crippen LogP contribution in [0, 0.1) is 5.41 Å². The molecule has 3 unspecified atom stereocenters. The number of methoxy groups -OCH3 is 1. The summed E-state index contributed by atoms with van der Waals surface area (Å²) in [6, 6.07) is 6.20. The molecule has 3 atom stereocenters. The number of nitrogens with zero attached hydrogens (tertiary/aromatic N) is 1. The van der Waals surface area contributed by atoms with Crippen molar-refractivity contribution in [2.45, 2.75) is 32.2 Å². The zero-order valence-corrected chi connectivity index (χ0v) is 17.1. The fraction of sp³-hybridized carbons (Fsp3) is 0.550. The third-order valence-electron chi connectivity index (χ3n) is 4.88. The van der Waals surface area contributed by atoms with Crippen LogP contribution in [0.2, 0.25) is 5.02 Å². The quantitative estimate of drug-likeness (QED) is 0.401. The van der Waals surface area contributed by atoms with Gasteiger partial charge in [0.15, 0.2) is 5.41 Å². The molecule has 0 saturated carbocycles. The molecule has 1 aliphatic heterocycles. The van der Waals surface area contributed by atoms with Crippen LogP contribution in [0.25, 0.3) is 0 Å². The van der Waals surface area contributed by atoms with E-state index in [0.717, 1.165) is 5.71 Å². The second-order valence-electron chi connectivity index (χ2n) is 6.54. The molecule has 28 heavy (non-hydrogen) atoms. The standard InChI is InChI=1S/C20H26ClNO6/c1-4-28-19(25)20(18(24)26-3)15(14-7-5-6-8-16(14)21)11-13(2)22-17(20)12-27-10-9-23/h5-8,15,17,23H,4,9-12H2,1-3H3. The van der Waals surface area contributed by atoms with E-state index in [2.05, 4.69) is 4.99 Å². The second-order valence-corrected chi connectivity index (χ2v) is 6.95. The van der Waals surface area contributed by atoms with Gasteiger partial charge in [0.05, 0.1) is 33.5 Å². The minimum absolute atomic E-state index is 0.0488. The number of hydrogen-bond donors (Lipinski definition) is 1. The number of ether oxygens (including phenoxy) is 3. The summed E-state index contributed by atoms with van der Waals surface area (Å²) in [6.45, 7) is 3.42. The van der Waals surface area contributed by atoms with Gasteiger partial charge in [-0.25, -0.2) is 0 Å². The molecular weight excluding hydrogens is 386 g/mol. The van der Waals surface area contributed by atoms with E-state index in [1.165, 1.54) is 7.11 Å². The zero-order chi connectivity index (χ0) is 20.7. The lowest BCUT2D eigenvalue weighted by atomic mass is 9.63. The molecule has 0 amide bonds. The van der Waals surface area contributed by atoms with Crippen LogP contribution in [-0.2, 0) is 23.8 Å². The largest absolute Gasteiger partial charge is 0.468 e. The number of rotatable bonds is 8. The van der Waals surface area contributed by atoms with Crippen LogP contribution >= 0.6 is 11.6 Å². The number of aliphatic hydroxyl groups is 1. The topological polar surface area (TPSA) is 94.4 Å². The number of aliphatic hydroxyl groups excluding tert-OH is 1. The monoisotopic (exact) mass is 411 g/mol. The predicted molar refractivity (Wildman–Crippen MR) is 105 cm³/mol. The third kappa shape index (κ3) is 4.21. The van der Waals surface area contributed by atoms with Gasteiger partial charge in [-0.3, -0.25) is 14.6 Å². The van der Waals surface area contributed by atoms with E-state index >= 15 is 0 Å². The van der Waals surface area contributed by atoms with Crippen molar-refractivity contribution in [3.63, 3.8) is 0 Å². The molecule has 0 spiro atoms. The number of benzene rings is 1. The molecule has 0 bridgehead atoms. The van der Waals surface area contributed by atoms with Crippen LogP contribution in [0.1, 0.15) is 31.7 Å². The molecule has 0 aliphatic carbocycles. The Kier molecular flexibility index (Phi) is 7.98. The first-order chi connectivity index (χ1) is 13.4.